The third kappa shape index (κ3) is 5.75. The van der Waals surface area contributed by atoms with Crippen LogP contribution >= 0.6 is 0 Å². The summed E-state index contributed by atoms with van der Waals surface area (Å²) in [4.78, 5) is 30.3. The Hall–Kier alpha value is -3.16. The molecule has 168 valence electrons. The average Bonchev–Trinajstić information content (AvgIpc) is 3.20. The highest BCUT2D eigenvalue weighted by atomic mass is 16.5. The van der Waals surface area contributed by atoms with Gasteiger partial charge < -0.3 is 20.4 Å². The molecule has 7 nitrogen and oxygen atoms in total. The second kappa shape index (κ2) is 10.4. The van der Waals surface area contributed by atoms with E-state index in [9.17, 15) is 9.59 Å². The topological polar surface area (TPSA) is 86.5 Å². The van der Waals surface area contributed by atoms with Crippen molar-refractivity contribution in [2.75, 3.05) is 26.2 Å². The van der Waals surface area contributed by atoms with Crippen LogP contribution in [0.4, 0.5) is 0 Å². The van der Waals surface area contributed by atoms with E-state index in [4.69, 9.17) is 4.74 Å². The van der Waals surface area contributed by atoms with Crippen molar-refractivity contribution in [2.24, 2.45) is 0 Å². The molecule has 1 aromatic heterocycles. The van der Waals surface area contributed by atoms with Gasteiger partial charge in [-0.15, -0.1) is 0 Å². The molecule has 1 fully saturated rings. The minimum absolute atomic E-state index is 0.0810. The Kier molecular flexibility index (Phi) is 7.19. The van der Waals surface area contributed by atoms with Crippen LogP contribution in [-0.4, -0.2) is 60.1 Å². The number of amides is 2. The molecule has 7 heteroatoms. The number of fused-ring (bicyclic) bond motifs is 1. The zero-order valence-electron chi connectivity index (χ0n) is 18.3. The van der Waals surface area contributed by atoms with Gasteiger partial charge in [0.25, 0.3) is 0 Å². The summed E-state index contributed by atoms with van der Waals surface area (Å²) in [5.41, 5.74) is 3.28. The SMILES string of the molecule is CC(=O)N[C@@H](Cc1c[nH]c2ccccc12)C(=O)NC[C@H]1CN(Cc2ccccc2)CCO1. The average molecular weight is 435 g/mol. The lowest BCUT2D eigenvalue weighted by Gasteiger charge is -2.33. The van der Waals surface area contributed by atoms with Gasteiger partial charge in [0, 0.05) is 56.6 Å². The van der Waals surface area contributed by atoms with Crippen LogP contribution in [0.25, 0.3) is 10.9 Å². The standard InChI is InChI=1S/C25H30N4O3/c1-18(30)28-24(13-20-14-26-23-10-6-5-9-22(20)23)25(31)27-15-21-17-29(11-12-32-21)16-19-7-3-2-4-8-19/h2-10,14,21,24,26H,11-13,15-17H2,1H3,(H,27,31)(H,28,30)/t21-,24-/m0/s1. The molecule has 2 heterocycles. The van der Waals surface area contributed by atoms with Crippen molar-refractivity contribution >= 4 is 22.7 Å². The van der Waals surface area contributed by atoms with E-state index < -0.39 is 6.04 Å². The lowest BCUT2D eigenvalue weighted by Crippen LogP contribution is -2.52. The number of hydrogen-bond acceptors (Lipinski definition) is 4. The van der Waals surface area contributed by atoms with Gasteiger partial charge in [-0.25, -0.2) is 0 Å². The van der Waals surface area contributed by atoms with Gasteiger partial charge in [0.15, 0.2) is 0 Å². The summed E-state index contributed by atoms with van der Waals surface area (Å²) in [6.45, 7) is 4.97. The summed E-state index contributed by atoms with van der Waals surface area (Å²) in [6.07, 6.45) is 2.24. The van der Waals surface area contributed by atoms with E-state index in [1.807, 2.05) is 48.7 Å². The molecule has 1 aliphatic rings. The van der Waals surface area contributed by atoms with Gasteiger partial charge in [-0.05, 0) is 17.2 Å². The Morgan fingerprint density at radius 3 is 2.75 bits per heavy atom. The number of H-pyrrole nitrogens is 1. The first kappa shape index (κ1) is 22.0. The molecule has 2 atom stereocenters. The smallest absolute Gasteiger partial charge is 0.243 e. The molecule has 0 aliphatic carbocycles. The van der Waals surface area contributed by atoms with Crippen LogP contribution < -0.4 is 10.6 Å². The van der Waals surface area contributed by atoms with Crippen LogP contribution in [0.2, 0.25) is 0 Å². The highest BCUT2D eigenvalue weighted by molar-refractivity contribution is 5.89. The number of hydrogen-bond donors (Lipinski definition) is 3. The Balaban J connectivity index is 1.34. The lowest BCUT2D eigenvalue weighted by atomic mass is 10.0. The lowest BCUT2D eigenvalue weighted by molar-refractivity contribution is -0.128. The van der Waals surface area contributed by atoms with E-state index >= 15 is 0 Å². The summed E-state index contributed by atoms with van der Waals surface area (Å²) in [5.74, 6) is -0.429. The molecule has 4 rings (SSSR count). The van der Waals surface area contributed by atoms with Crippen molar-refractivity contribution in [1.82, 2.24) is 20.5 Å². The number of aromatic nitrogens is 1. The number of carbonyl (C=O) groups is 2. The minimum Gasteiger partial charge on any atom is -0.374 e. The van der Waals surface area contributed by atoms with Gasteiger partial charge in [-0.3, -0.25) is 14.5 Å². The largest absolute Gasteiger partial charge is 0.374 e. The third-order valence-electron chi connectivity index (χ3n) is 5.77. The number of ether oxygens (including phenoxy) is 1. The molecule has 1 saturated heterocycles. The summed E-state index contributed by atoms with van der Waals surface area (Å²) in [7, 11) is 0. The van der Waals surface area contributed by atoms with E-state index in [1.54, 1.807) is 0 Å². The maximum atomic E-state index is 13.0. The van der Waals surface area contributed by atoms with Crippen molar-refractivity contribution in [3.8, 4) is 0 Å². The molecule has 0 saturated carbocycles. The molecule has 0 spiro atoms. The van der Waals surface area contributed by atoms with E-state index in [2.05, 4.69) is 32.7 Å². The highest BCUT2D eigenvalue weighted by Crippen LogP contribution is 2.19. The minimum atomic E-state index is -0.643. The summed E-state index contributed by atoms with van der Waals surface area (Å²) >= 11 is 0. The van der Waals surface area contributed by atoms with Crippen molar-refractivity contribution in [3.05, 3.63) is 71.9 Å². The Morgan fingerprint density at radius 1 is 1.16 bits per heavy atom. The fourth-order valence-corrected chi connectivity index (χ4v) is 4.20. The van der Waals surface area contributed by atoms with Gasteiger partial charge in [-0.2, -0.15) is 0 Å². The van der Waals surface area contributed by atoms with Gasteiger partial charge in [0.1, 0.15) is 6.04 Å². The van der Waals surface area contributed by atoms with Crippen LogP contribution in [-0.2, 0) is 27.3 Å². The zero-order chi connectivity index (χ0) is 22.3. The van der Waals surface area contributed by atoms with E-state index in [0.717, 1.165) is 36.1 Å². The van der Waals surface area contributed by atoms with Crippen LogP contribution in [0, 0.1) is 0 Å². The Bertz CT molecular complexity index is 1050. The number of aromatic amines is 1. The first-order valence-corrected chi connectivity index (χ1v) is 11.1. The van der Waals surface area contributed by atoms with E-state index in [1.165, 1.54) is 12.5 Å². The fourth-order valence-electron chi connectivity index (χ4n) is 4.20. The van der Waals surface area contributed by atoms with Crippen LogP contribution in [0.5, 0.6) is 0 Å². The number of morpholine rings is 1. The number of nitrogens with zero attached hydrogens (tertiary/aromatic N) is 1. The third-order valence-corrected chi connectivity index (χ3v) is 5.77. The molecular weight excluding hydrogens is 404 g/mol. The first-order chi connectivity index (χ1) is 15.6. The second-order valence-electron chi connectivity index (χ2n) is 8.28. The van der Waals surface area contributed by atoms with E-state index in [-0.39, 0.29) is 17.9 Å². The fraction of sp³-hybridized carbons (Fsp3) is 0.360. The first-order valence-electron chi connectivity index (χ1n) is 11.1. The van der Waals surface area contributed by atoms with Crippen molar-refractivity contribution in [3.63, 3.8) is 0 Å². The number of carbonyl (C=O) groups excluding carboxylic acids is 2. The molecule has 3 aromatic rings. The predicted molar refractivity (Wildman–Crippen MR) is 124 cm³/mol. The molecule has 1 aliphatic heterocycles. The number of benzene rings is 2. The van der Waals surface area contributed by atoms with Crippen molar-refractivity contribution in [1.29, 1.82) is 0 Å². The van der Waals surface area contributed by atoms with Crippen LogP contribution in [0.1, 0.15) is 18.1 Å². The molecule has 2 aromatic carbocycles. The number of rotatable bonds is 8. The van der Waals surface area contributed by atoms with Crippen molar-refractivity contribution < 1.29 is 14.3 Å². The summed E-state index contributed by atoms with van der Waals surface area (Å²) in [5, 5.41) is 6.84. The maximum Gasteiger partial charge on any atom is 0.243 e. The second-order valence-corrected chi connectivity index (χ2v) is 8.28. The zero-order valence-corrected chi connectivity index (χ0v) is 18.3. The van der Waals surface area contributed by atoms with E-state index in [0.29, 0.717) is 19.6 Å². The molecule has 3 N–H and O–H groups in total. The molecule has 0 unspecified atom stereocenters. The summed E-state index contributed by atoms with van der Waals surface area (Å²) in [6, 6.07) is 17.6. The predicted octanol–water partition coefficient (Wildman–Crippen LogP) is 2.23. The quantitative estimate of drug-likeness (QED) is 0.508. The van der Waals surface area contributed by atoms with Gasteiger partial charge in [-0.1, -0.05) is 48.5 Å². The van der Waals surface area contributed by atoms with Gasteiger partial charge in [0.2, 0.25) is 11.8 Å². The normalized spacial score (nSPS) is 17.7. The van der Waals surface area contributed by atoms with Gasteiger partial charge in [0.05, 0.1) is 12.7 Å². The van der Waals surface area contributed by atoms with Crippen LogP contribution in [0.3, 0.4) is 0 Å². The molecule has 2 amide bonds. The molecule has 0 radical (unpaired) electrons. The highest BCUT2D eigenvalue weighted by Gasteiger charge is 2.25. The maximum absolute atomic E-state index is 13.0. The molecular formula is C25H30N4O3. The number of para-hydroxylation sites is 1. The Morgan fingerprint density at radius 2 is 1.94 bits per heavy atom. The molecule has 32 heavy (non-hydrogen) atoms. The van der Waals surface area contributed by atoms with Gasteiger partial charge >= 0.3 is 0 Å². The van der Waals surface area contributed by atoms with Crippen molar-refractivity contribution in [2.45, 2.75) is 32.0 Å². The molecule has 0 bridgehead atoms. The van der Waals surface area contributed by atoms with Crippen LogP contribution in [0.15, 0.2) is 60.8 Å². The number of nitrogens with one attached hydrogen (secondary N) is 3. The monoisotopic (exact) mass is 434 g/mol. The Labute approximate surface area is 188 Å². The summed E-state index contributed by atoms with van der Waals surface area (Å²) < 4.78 is 5.87.